The summed E-state index contributed by atoms with van der Waals surface area (Å²) in [5.74, 6) is 0.279. The van der Waals surface area contributed by atoms with E-state index in [1.165, 1.54) is 0 Å². The van der Waals surface area contributed by atoms with Crippen LogP contribution in [0.1, 0.15) is 21.8 Å². The Labute approximate surface area is 141 Å². The molecule has 0 atom stereocenters. The molecular weight excluding hydrogens is 324 g/mol. The van der Waals surface area contributed by atoms with E-state index in [9.17, 15) is 4.79 Å². The molecule has 120 valence electrons. The van der Waals surface area contributed by atoms with Gasteiger partial charge in [0.2, 0.25) is 0 Å². The second kappa shape index (κ2) is 5.93. The summed E-state index contributed by atoms with van der Waals surface area (Å²) in [5, 5.41) is 8.90. The largest absolute Gasteiger partial charge is 0.360 e. The number of amides is 1. The molecule has 1 N–H and O–H groups in total. The van der Waals surface area contributed by atoms with Gasteiger partial charge in [-0.15, -0.1) is 11.3 Å². The SMILES string of the molecule is Cc1onc(-c2ccccc2)c1C(=O)NCc1cn2ccsc2n1. The molecule has 0 aliphatic rings. The second-order valence-corrected chi connectivity index (χ2v) is 6.21. The van der Waals surface area contributed by atoms with Crippen LogP contribution in [0.4, 0.5) is 0 Å². The minimum absolute atomic E-state index is 0.219. The van der Waals surface area contributed by atoms with E-state index in [1.54, 1.807) is 18.3 Å². The van der Waals surface area contributed by atoms with E-state index in [-0.39, 0.29) is 5.91 Å². The van der Waals surface area contributed by atoms with Crippen LogP contribution in [-0.2, 0) is 6.54 Å². The highest BCUT2D eigenvalue weighted by molar-refractivity contribution is 7.15. The van der Waals surface area contributed by atoms with Crippen LogP contribution in [0.25, 0.3) is 16.2 Å². The molecular formula is C17H14N4O2S. The summed E-state index contributed by atoms with van der Waals surface area (Å²) in [7, 11) is 0. The van der Waals surface area contributed by atoms with Crippen LogP contribution >= 0.6 is 11.3 Å². The Bertz CT molecular complexity index is 972. The first-order valence-corrected chi connectivity index (χ1v) is 8.31. The van der Waals surface area contributed by atoms with Gasteiger partial charge in [0, 0.05) is 23.3 Å². The fourth-order valence-electron chi connectivity index (χ4n) is 2.55. The summed E-state index contributed by atoms with van der Waals surface area (Å²) in [6, 6.07) is 9.52. The lowest BCUT2D eigenvalue weighted by molar-refractivity contribution is 0.0949. The standard InChI is InChI=1S/C17H14N4O2S/c1-11-14(15(20-23-11)12-5-3-2-4-6-12)16(22)18-9-13-10-21-7-8-24-17(21)19-13/h2-8,10H,9H2,1H3,(H,18,22). The maximum Gasteiger partial charge on any atom is 0.257 e. The van der Waals surface area contributed by atoms with Crippen molar-refractivity contribution in [3.8, 4) is 11.3 Å². The Morgan fingerprint density at radius 1 is 1.33 bits per heavy atom. The summed E-state index contributed by atoms with van der Waals surface area (Å²) >= 11 is 1.56. The van der Waals surface area contributed by atoms with Crippen molar-refractivity contribution < 1.29 is 9.32 Å². The molecule has 3 heterocycles. The summed E-state index contributed by atoms with van der Waals surface area (Å²) in [4.78, 5) is 18.0. The zero-order valence-electron chi connectivity index (χ0n) is 12.9. The number of carbonyl (C=O) groups is 1. The van der Waals surface area contributed by atoms with Gasteiger partial charge in [0.1, 0.15) is 17.0 Å². The monoisotopic (exact) mass is 338 g/mol. The van der Waals surface area contributed by atoms with Gasteiger partial charge in [-0.05, 0) is 6.92 Å². The van der Waals surface area contributed by atoms with Crippen LogP contribution in [0, 0.1) is 6.92 Å². The first-order chi connectivity index (χ1) is 11.7. The molecule has 1 aromatic carbocycles. The van der Waals surface area contributed by atoms with Crippen LogP contribution in [0.3, 0.4) is 0 Å². The van der Waals surface area contributed by atoms with Crippen molar-refractivity contribution in [2.24, 2.45) is 0 Å². The number of benzene rings is 1. The van der Waals surface area contributed by atoms with Crippen molar-refractivity contribution >= 4 is 22.2 Å². The van der Waals surface area contributed by atoms with Gasteiger partial charge in [0.15, 0.2) is 4.96 Å². The highest BCUT2D eigenvalue weighted by Crippen LogP contribution is 2.25. The number of fused-ring (bicyclic) bond motifs is 1. The summed E-state index contributed by atoms with van der Waals surface area (Å²) < 4.78 is 7.17. The number of hydrogen-bond acceptors (Lipinski definition) is 5. The van der Waals surface area contributed by atoms with Crippen molar-refractivity contribution in [3.63, 3.8) is 0 Å². The van der Waals surface area contributed by atoms with E-state index in [4.69, 9.17) is 4.52 Å². The fraction of sp³-hybridized carbons (Fsp3) is 0.118. The first kappa shape index (κ1) is 14.6. The molecule has 1 amide bonds. The summed E-state index contributed by atoms with van der Waals surface area (Å²) in [6.07, 6.45) is 3.85. The van der Waals surface area contributed by atoms with Gasteiger partial charge in [-0.2, -0.15) is 0 Å². The predicted octanol–water partition coefficient (Wildman–Crippen LogP) is 3.29. The molecule has 24 heavy (non-hydrogen) atoms. The third kappa shape index (κ3) is 2.59. The van der Waals surface area contributed by atoms with E-state index < -0.39 is 0 Å². The normalized spacial score (nSPS) is 11.0. The van der Waals surface area contributed by atoms with E-state index >= 15 is 0 Å². The third-order valence-corrected chi connectivity index (χ3v) is 4.48. The summed E-state index contributed by atoms with van der Waals surface area (Å²) in [6.45, 7) is 2.09. The lowest BCUT2D eigenvalue weighted by Crippen LogP contribution is -2.23. The molecule has 0 saturated carbocycles. The molecule has 0 bridgehead atoms. The number of nitrogens with one attached hydrogen (secondary N) is 1. The smallest absolute Gasteiger partial charge is 0.257 e. The van der Waals surface area contributed by atoms with Gasteiger partial charge in [-0.3, -0.25) is 9.20 Å². The minimum Gasteiger partial charge on any atom is -0.360 e. The van der Waals surface area contributed by atoms with E-state index in [0.29, 0.717) is 23.6 Å². The number of thiazole rings is 1. The number of hydrogen-bond donors (Lipinski definition) is 1. The molecule has 6 nitrogen and oxygen atoms in total. The molecule has 3 aromatic heterocycles. The number of nitrogens with zero attached hydrogens (tertiary/aromatic N) is 3. The molecule has 0 spiro atoms. The van der Waals surface area contributed by atoms with Crippen LogP contribution in [-0.4, -0.2) is 20.4 Å². The van der Waals surface area contributed by atoms with Crippen LogP contribution in [0.15, 0.2) is 52.6 Å². The molecule has 7 heteroatoms. The molecule has 0 saturated heterocycles. The quantitative estimate of drug-likeness (QED) is 0.620. The summed E-state index contributed by atoms with van der Waals surface area (Å²) in [5.41, 5.74) is 2.67. The number of aromatic nitrogens is 3. The zero-order chi connectivity index (χ0) is 16.5. The van der Waals surface area contributed by atoms with E-state index in [2.05, 4.69) is 15.5 Å². The average molecular weight is 338 g/mol. The Balaban J connectivity index is 1.56. The third-order valence-electron chi connectivity index (χ3n) is 3.71. The van der Waals surface area contributed by atoms with Crippen molar-refractivity contribution in [1.29, 1.82) is 0 Å². The second-order valence-electron chi connectivity index (χ2n) is 5.34. The van der Waals surface area contributed by atoms with Crippen molar-refractivity contribution in [2.45, 2.75) is 13.5 Å². The first-order valence-electron chi connectivity index (χ1n) is 7.43. The molecule has 0 aliphatic heterocycles. The number of aryl methyl sites for hydroxylation is 1. The Morgan fingerprint density at radius 3 is 2.96 bits per heavy atom. The van der Waals surface area contributed by atoms with E-state index in [0.717, 1.165) is 16.2 Å². The van der Waals surface area contributed by atoms with Crippen LogP contribution in [0.5, 0.6) is 0 Å². The van der Waals surface area contributed by atoms with Crippen LogP contribution < -0.4 is 5.32 Å². The highest BCUT2D eigenvalue weighted by Gasteiger charge is 2.21. The highest BCUT2D eigenvalue weighted by atomic mass is 32.1. The van der Waals surface area contributed by atoms with Crippen molar-refractivity contribution in [3.05, 3.63) is 65.1 Å². The number of rotatable bonds is 4. The van der Waals surface area contributed by atoms with Gasteiger partial charge < -0.3 is 9.84 Å². The maximum atomic E-state index is 12.6. The molecule has 0 aliphatic carbocycles. The lowest BCUT2D eigenvalue weighted by Gasteiger charge is -2.04. The molecule has 0 radical (unpaired) electrons. The maximum absolute atomic E-state index is 12.6. The Morgan fingerprint density at radius 2 is 2.17 bits per heavy atom. The molecule has 0 fully saturated rings. The van der Waals surface area contributed by atoms with Gasteiger partial charge in [0.05, 0.1) is 12.2 Å². The predicted molar refractivity (Wildman–Crippen MR) is 90.9 cm³/mol. The van der Waals surface area contributed by atoms with Gasteiger partial charge >= 0.3 is 0 Å². The van der Waals surface area contributed by atoms with Gasteiger partial charge in [-0.25, -0.2) is 4.98 Å². The van der Waals surface area contributed by atoms with Gasteiger partial charge in [0.25, 0.3) is 5.91 Å². The Hall–Kier alpha value is -2.93. The molecule has 0 unspecified atom stereocenters. The molecule has 4 aromatic rings. The molecule has 4 rings (SSSR count). The fourth-order valence-corrected chi connectivity index (χ4v) is 3.27. The Kier molecular flexibility index (Phi) is 3.62. The van der Waals surface area contributed by atoms with Gasteiger partial charge in [-0.1, -0.05) is 35.5 Å². The van der Waals surface area contributed by atoms with Crippen molar-refractivity contribution in [2.75, 3.05) is 0 Å². The number of carbonyl (C=O) groups excluding carboxylic acids is 1. The van der Waals surface area contributed by atoms with E-state index in [1.807, 2.05) is 52.5 Å². The minimum atomic E-state index is -0.219. The average Bonchev–Trinajstić information content (AvgIpc) is 3.27. The van der Waals surface area contributed by atoms with Crippen LogP contribution in [0.2, 0.25) is 0 Å². The topological polar surface area (TPSA) is 72.4 Å². The number of imidazole rings is 1. The van der Waals surface area contributed by atoms with Crippen molar-refractivity contribution in [1.82, 2.24) is 19.9 Å². The zero-order valence-corrected chi connectivity index (χ0v) is 13.7. The lowest BCUT2D eigenvalue weighted by atomic mass is 10.1.